The second kappa shape index (κ2) is 7.62. The largest absolute Gasteiger partial charge is 0.348 e. The van der Waals surface area contributed by atoms with Crippen molar-refractivity contribution < 1.29 is 4.79 Å². The summed E-state index contributed by atoms with van der Waals surface area (Å²) >= 11 is 0. The quantitative estimate of drug-likeness (QED) is 0.905. The lowest BCUT2D eigenvalue weighted by Crippen LogP contribution is -2.48. The number of hydrogen-bond acceptors (Lipinski definition) is 3. The summed E-state index contributed by atoms with van der Waals surface area (Å²) in [6, 6.07) is 11.9. The van der Waals surface area contributed by atoms with Crippen molar-refractivity contribution in [3.05, 3.63) is 47.8 Å². The smallest absolute Gasteiger partial charge is 0.272 e. The van der Waals surface area contributed by atoms with Crippen LogP contribution >= 0.6 is 12.4 Å². The summed E-state index contributed by atoms with van der Waals surface area (Å²) in [5.41, 5.74) is 2.40. The first-order valence-corrected chi connectivity index (χ1v) is 7.79. The third kappa shape index (κ3) is 3.92. The van der Waals surface area contributed by atoms with Crippen LogP contribution in [0, 0.1) is 12.8 Å². The molecule has 1 aromatic heterocycles. The van der Waals surface area contributed by atoms with Crippen LogP contribution in [0.5, 0.6) is 0 Å². The van der Waals surface area contributed by atoms with Crippen LogP contribution in [0.4, 0.5) is 0 Å². The summed E-state index contributed by atoms with van der Waals surface area (Å²) in [5, 5.41) is 10.9. The lowest BCUT2D eigenvalue weighted by atomic mass is 9.95. The van der Waals surface area contributed by atoms with Crippen LogP contribution in [0.2, 0.25) is 0 Å². The number of piperidine rings is 1. The molecule has 23 heavy (non-hydrogen) atoms. The molecular formula is C17H23ClN4O. The fourth-order valence-electron chi connectivity index (χ4n) is 2.89. The van der Waals surface area contributed by atoms with E-state index < -0.39 is 0 Å². The van der Waals surface area contributed by atoms with Gasteiger partial charge in [-0.3, -0.25) is 4.79 Å². The zero-order valence-corrected chi connectivity index (χ0v) is 14.3. The molecule has 2 N–H and O–H groups in total. The van der Waals surface area contributed by atoms with E-state index in [-0.39, 0.29) is 24.4 Å². The van der Waals surface area contributed by atoms with Crippen molar-refractivity contribution in [2.24, 2.45) is 5.92 Å². The Morgan fingerprint density at radius 1 is 1.35 bits per heavy atom. The van der Waals surface area contributed by atoms with Crippen LogP contribution in [0.25, 0.3) is 5.69 Å². The summed E-state index contributed by atoms with van der Waals surface area (Å²) in [7, 11) is 0. The molecule has 2 unspecified atom stereocenters. The van der Waals surface area contributed by atoms with Gasteiger partial charge in [0.2, 0.25) is 0 Å². The third-order valence-corrected chi connectivity index (χ3v) is 4.22. The van der Waals surface area contributed by atoms with E-state index in [1.165, 1.54) is 0 Å². The number of amides is 1. The maximum atomic E-state index is 12.4. The van der Waals surface area contributed by atoms with E-state index in [4.69, 9.17) is 0 Å². The molecular weight excluding hydrogens is 312 g/mol. The Morgan fingerprint density at radius 3 is 2.78 bits per heavy atom. The minimum Gasteiger partial charge on any atom is -0.348 e. The van der Waals surface area contributed by atoms with Crippen LogP contribution in [0.1, 0.15) is 29.5 Å². The molecule has 3 rings (SSSR count). The molecule has 1 fully saturated rings. The molecule has 2 aromatic rings. The monoisotopic (exact) mass is 334 g/mol. The van der Waals surface area contributed by atoms with Crippen LogP contribution in [0.15, 0.2) is 36.4 Å². The van der Waals surface area contributed by atoms with E-state index in [0.29, 0.717) is 11.6 Å². The molecule has 0 spiro atoms. The minimum atomic E-state index is -0.0865. The van der Waals surface area contributed by atoms with Crippen LogP contribution in [0.3, 0.4) is 0 Å². The number of nitrogens with zero attached hydrogens (tertiary/aromatic N) is 2. The first-order valence-electron chi connectivity index (χ1n) is 7.79. The molecule has 124 valence electrons. The average molecular weight is 335 g/mol. The molecule has 2 atom stereocenters. The van der Waals surface area contributed by atoms with Gasteiger partial charge in [0.25, 0.3) is 5.91 Å². The highest BCUT2D eigenvalue weighted by Crippen LogP contribution is 2.14. The molecule has 1 aliphatic rings. The van der Waals surface area contributed by atoms with E-state index in [1.807, 2.05) is 43.3 Å². The Hall–Kier alpha value is -1.85. The number of nitrogens with one attached hydrogen (secondary N) is 2. The molecule has 2 heterocycles. The normalized spacial score (nSPS) is 20.6. The molecule has 0 aliphatic carbocycles. The first-order chi connectivity index (χ1) is 10.6. The summed E-state index contributed by atoms with van der Waals surface area (Å²) in [6.45, 7) is 6.02. The predicted octanol–water partition coefficient (Wildman–Crippen LogP) is 2.33. The van der Waals surface area contributed by atoms with Gasteiger partial charge < -0.3 is 10.6 Å². The Labute approximate surface area is 142 Å². The van der Waals surface area contributed by atoms with Crippen molar-refractivity contribution in [1.82, 2.24) is 20.4 Å². The van der Waals surface area contributed by atoms with E-state index >= 15 is 0 Å². The summed E-state index contributed by atoms with van der Waals surface area (Å²) in [4.78, 5) is 12.4. The van der Waals surface area contributed by atoms with E-state index in [2.05, 4.69) is 22.7 Å². The van der Waals surface area contributed by atoms with Gasteiger partial charge in [0.1, 0.15) is 0 Å². The molecule has 5 nitrogen and oxygen atoms in total. The van der Waals surface area contributed by atoms with Crippen molar-refractivity contribution in [2.75, 3.05) is 13.1 Å². The Balaban J connectivity index is 0.00000192. The number of halogens is 1. The average Bonchev–Trinajstić information content (AvgIpc) is 2.92. The molecule has 1 saturated heterocycles. The Morgan fingerprint density at radius 2 is 2.09 bits per heavy atom. The highest BCUT2D eigenvalue weighted by molar-refractivity contribution is 5.92. The van der Waals surface area contributed by atoms with Crippen molar-refractivity contribution in [2.45, 2.75) is 26.3 Å². The van der Waals surface area contributed by atoms with Gasteiger partial charge in [-0.1, -0.05) is 25.1 Å². The van der Waals surface area contributed by atoms with Crippen molar-refractivity contribution >= 4 is 18.3 Å². The molecule has 0 bridgehead atoms. The standard InChI is InChI=1S/C17H22N4O.ClH/c1-12-11-18-9-8-15(12)19-17(22)16-10-13(2)21(20-16)14-6-4-3-5-7-14;/h3-7,10,12,15,18H,8-9,11H2,1-2H3,(H,19,22);1H. The van der Waals surface area contributed by atoms with Crippen LogP contribution in [-0.4, -0.2) is 34.8 Å². The van der Waals surface area contributed by atoms with Gasteiger partial charge in [-0.15, -0.1) is 12.4 Å². The second-order valence-corrected chi connectivity index (χ2v) is 5.97. The van der Waals surface area contributed by atoms with Gasteiger partial charge in [0, 0.05) is 11.7 Å². The van der Waals surface area contributed by atoms with E-state index in [0.717, 1.165) is 30.9 Å². The zero-order valence-electron chi connectivity index (χ0n) is 13.5. The number of aromatic nitrogens is 2. The highest BCUT2D eigenvalue weighted by atomic mass is 35.5. The Bertz CT molecular complexity index is 656. The van der Waals surface area contributed by atoms with Gasteiger partial charge in [0.15, 0.2) is 5.69 Å². The lowest BCUT2D eigenvalue weighted by Gasteiger charge is -2.29. The fourth-order valence-corrected chi connectivity index (χ4v) is 2.89. The topological polar surface area (TPSA) is 59.0 Å². The van der Waals surface area contributed by atoms with Crippen molar-refractivity contribution in [3.63, 3.8) is 0 Å². The fraction of sp³-hybridized carbons (Fsp3) is 0.412. The van der Waals surface area contributed by atoms with Gasteiger partial charge in [-0.05, 0) is 50.6 Å². The SMILES string of the molecule is Cc1cc(C(=O)NC2CCNCC2C)nn1-c1ccccc1.Cl. The maximum absolute atomic E-state index is 12.4. The van der Waals surface area contributed by atoms with Crippen LogP contribution < -0.4 is 10.6 Å². The van der Waals surface area contributed by atoms with Gasteiger partial charge >= 0.3 is 0 Å². The maximum Gasteiger partial charge on any atom is 0.272 e. The zero-order chi connectivity index (χ0) is 15.5. The number of rotatable bonds is 3. The van der Waals surface area contributed by atoms with Crippen molar-refractivity contribution in [3.8, 4) is 5.69 Å². The van der Waals surface area contributed by atoms with Gasteiger partial charge in [0.05, 0.1) is 5.69 Å². The van der Waals surface area contributed by atoms with Gasteiger partial charge in [-0.2, -0.15) is 5.10 Å². The summed E-state index contributed by atoms with van der Waals surface area (Å²) in [5.74, 6) is 0.353. The summed E-state index contributed by atoms with van der Waals surface area (Å²) in [6.07, 6.45) is 0.964. The molecule has 1 aromatic carbocycles. The summed E-state index contributed by atoms with van der Waals surface area (Å²) < 4.78 is 1.81. The number of hydrogen-bond donors (Lipinski definition) is 2. The van der Waals surface area contributed by atoms with E-state index in [9.17, 15) is 4.79 Å². The number of aryl methyl sites for hydroxylation is 1. The molecule has 1 amide bonds. The molecule has 0 radical (unpaired) electrons. The minimum absolute atomic E-state index is 0. The number of para-hydroxylation sites is 1. The number of carbonyl (C=O) groups is 1. The molecule has 6 heteroatoms. The highest BCUT2D eigenvalue weighted by Gasteiger charge is 2.24. The van der Waals surface area contributed by atoms with Crippen molar-refractivity contribution in [1.29, 1.82) is 0 Å². The first kappa shape index (κ1) is 17.5. The molecule has 0 saturated carbocycles. The number of carbonyl (C=O) groups excluding carboxylic acids is 1. The lowest BCUT2D eigenvalue weighted by molar-refractivity contribution is 0.0908. The number of benzene rings is 1. The van der Waals surface area contributed by atoms with E-state index in [1.54, 1.807) is 4.68 Å². The second-order valence-electron chi connectivity index (χ2n) is 5.97. The van der Waals surface area contributed by atoms with Gasteiger partial charge in [-0.25, -0.2) is 4.68 Å². The third-order valence-electron chi connectivity index (χ3n) is 4.22. The Kier molecular flexibility index (Phi) is 5.80. The molecule has 1 aliphatic heterocycles. The van der Waals surface area contributed by atoms with Crippen LogP contribution in [-0.2, 0) is 0 Å². The predicted molar refractivity (Wildman–Crippen MR) is 93.5 cm³/mol.